The molecule has 1 aliphatic rings. The second kappa shape index (κ2) is 6.83. The molecule has 98 valence electrons. The number of hydrogen-bond acceptors (Lipinski definition) is 2. The molecule has 2 atom stereocenters. The molecule has 0 radical (unpaired) electrons. The maximum atomic E-state index is 4.65. The van der Waals surface area contributed by atoms with Crippen molar-refractivity contribution < 1.29 is 0 Å². The minimum Gasteiger partial charge on any atom is -0.362 e. The van der Waals surface area contributed by atoms with Gasteiger partial charge in [-0.15, -0.1) is 0 Å². The number of nitrogens with zero attached hydrogens (tertiary/aromatic N) is 1. The number of aryl methyl sites for hydroxylation is 1. The summed E-state index contributed by atoms with van der Waals surface area (Å²) < 4.78 is 0. The van der Waals surface area contributed by atoms with Gasteiger partial charge >= 0.3 is 0 Å². The Hall–Kier alpha value is -0.960. The smallest absolute Gasteiger partial charge is 0.156 e. The van der Waals surface area contributed by atoms with Crippen molar-refractivity contribution in [3.05, 3.63) is 35.9 Å². The van der Waals surface area contributed by atoms with E-state index in [1.807, 2.05) is 11.8 Å². The maximum Gasteiger partial charge on any atom is 0.156 e. The SMILES string of the molecule is CC1CSC(=NCCCc2ccccc2)NC1C. The molecule has 0 bridgehead atoms. The van der Waals surface area contributed by atoms with Crippen LogP contribution in [0.25, 0.3) is 0 Å². The van der Waals surface area contributed by atoms with Gasteiger partial charge in [-0.25, -0.2) is 0 Å². The molecule has 1 heterocycles. The zero-order valence-corrected chi connectivity index (χ0v) is 12.0. The summed E-state index contributed by atoms with van der Waals surface area (Å²) in [5.74, 6) is 1.92. The van der Waals surface area contributed by atoms with Gasteiger partial charge in [0.2, 0.25) is 0 Å². The lowest BCUT2D eigenvalue weighted by Crippen LogP contribution is -2.41. The van der Waals surface area contributed by atoms with Crippen LogP contribution in [-0.2, 0) is 6.42 Å². The summed E-state index contributed by atoms with van der Waals surface area (Å²) in [5, 5.41) is 4.61. The van der Waals surface area contributed by atoms with Gasteiger partial charge in [-0.1, -0.05) is 49.0 Å². The van der Waals surface area contributed by atoms with E-state index in [1.54, 1.807) is 0 Å². The van der Waals surface area contributed by atoms with Crippen LogP contribution in [0.15, 0.2) is 35.3 Å². The van der Waals surface area contributed by atoms with Crippen LogP contribution in [0.5, 0.6) is 0 Å². The largest absolute Gasteiger partial charge is 0.362 e. The fraction of sp³-hybridized carbons (Fsp3) is 0.533. The normalized spacial score (nSPS) is 26.0. The fourth-order valence-electron chi connectivity index (χ4n) is 1.93. The van der Waals surface area contributed by atoms with E-state index in [0.29, 0.717) is 6.04 Å². The van der Waals surface area contributed by atoms with Crippen LogP contribution >= 0.6 is 11.8 Å². The number of rotatable bonds is 4. The van der Waals surface area contributed by atoms with Crippen LogP contribution in [0, 0.1) is 5.92 Å². The highest BCUT2D eigenvalue weighted by atomic mass is 32.2. The molecule has 3 heteroatoms. The Bertz CT molecular complexity index is 389. The zero-order valence-electron chi connectivity index (χ0n) is 11.2. The second-order valence-corrected chi connectivity index (χ2v) is 6.01. The van der Waals surface area contributed by atoms with Gasteiger partial charge in [-0.3, -0.25) is 4.99 Å². The molecule has 0 amide bonds. The quantitative estimate of drug-likeness (QED) is 0.842. The van der Waals surface area contributed by atoms with Crippen LogP contribution < -0.4 is 5.32 Å². The third kappa shape index (κ3) is 4.05. The van der Waals surface area contributed by atoms with E-state index in [4.69, 9.17) is 0 Å². The van der Waals surface area contributed by atoms with E-state index in [-0.39, 0.29) is 0 Å². The minimum absolute atomic E-state index is 0.555. The number of benzene rings is 1. The van der Waals surface area contributed by atoms with Crippen molar-refractivity contribution in [3.63, 3.8) is 0 Å². The first-order valence-corrected chi connectivity index (χ1v) is 7.72. The molecule has 0 spiro atoms. The van der Waals surface area contributed by atoms with Gasteiger partial charge in [-0.2, -0.15) is 0 Å². The highest BCUT2D eigenvalue weighted by molar-refractivity contribution is 8.13. The molecule has 2 rings (SSSR count). The Morgan fingerprint density at radius 3 is 2.78 bits per heavy atom. The molecule has 2 nitrogen and oxygen atoms in total. The summed E-state index contributed by atoms with van der Waals surface area (Å²) in [5.41, 5.74) is 1.41. The van der Waals surface area contributed by atoms with Crippen LogP contribution in [0.4, 0.5) is 0 Å². The Morgan fingerprint density at radius 1 is 1.28 bits per heavy atom. The summed E-state index contributed by atoms with van der Waals surface area (Å²) in [6.07, 6.45) is 2.24. The van der Waals surface area contributed by atoms with Crippen molar-refractivity contribution in [1.29, 1.82) is 0 Å². The molecule has 0 aromatic heterocycles. The topological polar surface area (TPSA) is 24.4 Å². The zero-order chi connectivity index (χ0) is 12.8. The molecule has 1 aromatic rings. The van der Waals surface area contributed by atoms with Crippen molar-refractivity contribution in [2.24, 2.45) is 10.9 Å². The van der Waals surface area contributed by atoms with Crippen LogP contribution in [0.3, 0.4) is 0 Å². The van der Waals surface area contributed by atoms with Gasteiger partial charge < -0.3 is 5.32 Å². The summed E-state index contributed by atoms with van der Waals surface area (Å²) in [6, 6.07) is 11.2. The van der Waals surface area contributed by atoms with E-state index < -0.39 is 0 Å². The molecular formula is C15H22N2S. The average molecular weight is 262 g/mol. The van der Waals surface area contributed by atoms with E-state index in [2.05, 4.69) is 54.5 Å². The van der Waals surface area contributed by atoms with Gasteiger partial charge in [0.15, 0.2) is 5.17 Å². The van der Waals surface area contributed by atoms with Gasteiger partial charge in [0.1, 0.15) is 0 Å². The van der Waals surface area contributed by atoms with Crippen molar-refractivity contribution in [3.8, 4) is 0 Å². The number of thioether (sulfide) groups is 1. The molecule has 2 unspecified atom stereocenters. The van der Waals surface area contributed by atoms with Crippen molar-refractivity contribution >= 4 is 16.9 Å². The molecule has 0 saturated carbocycles. The third-order valence-corrected chi connectivity index (χ3v) is 4.62. The Morgan fingerprint density at radius 2 is 2.06 bits per heavy atom. The number of amidine groups is 1. The average Bonchev–Trinajstić information content (AvgIpc) is 2.40. The van der Waals surface area contributed by atoms with E-state index in [9.17, 15) is 0 Å². The first-order valence-electron chi connectivity index (χ1n) is 6.73. The van der Waals surface area contributed by atoms with E-state index in [0.717, 1.165) is 30.5 Å². The highest BCUT2D eigenvalue weighted by Crippen LogP contribution is 2.19. The molecule has 1 aromatic carbocycles. The third-order valence-electron chi connectivity index (χ3n) is 3.41. The lowest BCUT2D eigenvalue weighted by Gasteiger charge is -2.28. The minimum atomic E-state index is 0.555. The number of aliphatic imine (C=N–C) groups is 1. The van der Waals surface area contributed by atoms with E-state index >= 15 is 0 Å². The van der Waals surface area contributed by atoms with Crippen molar-refractivity contribution in [1.82, 2.24) is 5.32 Å². The monoisotopic (exact) mass is 262 g/mol. The van der Waals surface area contributed by atoms with Gasteiger partial charge in [0.25, 0.3) is 0 Å². The van der Waals surface area contributed by atoms with Gasteiger partial charge in [0, 0.05) is 18.3 Å². The summed E-state index contributed by atoms with van der Waals surface area (Å²) >= 11 is 1.86. The molecule has 1 fully saturated rings. The van der Waals surface area contributed by atoms with Crippen molar-refractivity contribution in [2.75, 3.05) is 12.3 Å². The standard InChI is InChI=1S/C15H22N2S/c1-12-11-18-15(17-13(12)2)16-10-6-9-14-7-4-3-5-8-14/h3-5,7-8,12-13H,6,9-11H2,1-2H3,(H,16,17). The molecular weight excluding hydrogens is 240 g/mol. The van der Waals surface area contributed by atoms with Crippen LogP contribution in [-0.4, -0.2) is 23.5 Å². The predicted molar refractivity (Wildman–Crippen MR) is 81.3 cm³/mol. The Kier molecular flexibility index (Phi) is 5.12. The lowest BCUT2D eigenvalue weighted by atomic mass is 10.1. The molecule has 18 heavy (non-hydrogen) atoms. The predicted octanol–water partition coefficient (Wildman–Crippen LogP) is 3.34. The lowest BCUT2D eigenvalue weighted by molar-refractivity contribution is 0.490. The maximum absolute atomic E-state index is 4.65. The molecule has 1 N–H and O–H groups in total. The van der Waals surface area contributed by atoms with Gasteiger partial charge in [-0.05, 0) is 31.2 Å². The number of nitrogens with one attached hydrogen (secondary N) is 1. The Labute approximate surface area is 114 Å². The first kappa shape index (κ1) is 13.5. The first-order chi connectivity index (χ1) is 8.75. The fourth-order valence-corrected chi connectivity index (χ4v) is 3.09. The number of hydrogen-bond donors (Lipinski definition) is 1. The molecule has 1 aliphatic heterocycles. The second-order valence-electron chi connectivity index (χ2n) is 5.00. The highest BCUT2D eigenvalue weighted by Gasteiger charge is 2.20. The summed E-state index contributed by atoms with van der Waals surface area (Å²) in [7, 11) is 0. The van der Waals surface area contributed by atoms with Crippen LogP contribution in [0.1, 0.15) is 25.8 Å². The van der Waals surface area contributed by atoms with Crippen molar-refractivity contribution in [2.45, 2.75) is 32.7 Å². The summed E-state index contributed by atoms with van der Waals surface area (Å²) in [4.78, 5) is 4.65. The molecule has 1 saturated heterocycles. The summed E-state index contributed by atoms with van der Waals surface area (Å²) in [6.45, 7) is 5.45. The van der Waals surface area contributed by atoms with Crippen LogP contribution in [0.2, 0.25) is 0 Å². The van der Waals surface area contributed by atoms with E-state index in [1.165, 1.54) is 11.3 Å². The van der Waals surface area contributed by atoms with Gasteiger partial charge in [0.05, 0.1) is 0 Å². The molecule has 0 aliphatic carbocycles. The Balaban J connectivity index is 1.72.